The van der Waals surface area contributed by atoms with Crippen LogP contribution in [0.3, 0.4) is 0 Å². The predicted molar refractivity (Wildman–Crippen MR) is 89.2 cm³/mol. The Hall–Kier alpha value is -1.53. The number of hydrogen-bond donors (Lipinski definition) is 2. The Morgan fingerprint density at radius 2 is 1.77 bits per heavy atom. The van der Waals surface area contributed by atoms with Gasteiger partial charge in [0.25, 0.3) is 0 Å². The lowest BCUT2D eigenvalue weighted by atomic mass is 10.0. The number of amides is 1. The van der Waals surface area contributed by atoms with Crippen LogP contribution >= 0.6 is 11.8 Å². The van der Waals surface area contributed by atoms with Crippen molar-refractivity contribution in [2.45, 2.75) is 19.9 Å². The third kappa shape index (κ3) is 4.24. The van der Waals surface area contributed by atoms with Crippen LogP contribution in [0.1, 0.15) is 25.5 Å². The van der Waals surface area contributed by atoms with Crippen LogP contribution in [-0.2, 0) is 9.59 Å². The lowest BCUT2D eigenvalue weighted by molar-refractivity contribution is -0.143. The van der Waals surface area contributed by atoms with E-state index in [9.17, 15) is 14.7 Å². The number of thioether (sulfide) groups is 1. The quantitative estimate of drug-likeness (QED) is 0.871. The van der Waals surface area contributed by atoms with E-state index in [1.807, 2.05) is 30.5 Å². The smallest absolute Gasteiger partial charge is 0.325 e. The van der Waals surface area contributed by atoms with Crippen molar-refractivity contribution in [3.05, 3.63) is 29.8 Å². The molecule has 0 saturated carbocycles. The van der Waals surface area contributed by atoms with E-state index in [4.69, 9.17) is 0 Å². The topological polar surface area (TPSA) is 69.6 Å². The van der Waals surface area contributed by atoms with E-state index in [2.05, 4.69) is 5.32 Å². The zero-order valence-corrected chi connectivity index (χ0v) is 13.7. The maximum Gasteiger partial charge on any atom is 0.325 e. The molecule has 0 unspecified atom stereocenters. The highest BCUT2D eigenvalue weighted by molar-refractivity contribution is 7.99. The van der Waals surface area contributed by atoms with Crippen LogP contribution in [0.5, 0.6) is 0 Å². The first-order valence-corrected chi connectivity index (χ1v) is 8.60. The molecule has 1 aliphatic heterocycles. The van der Waals surface area contributed by atoms with Gasteiger partial charge in [-0.05, 0) is 17.7 Å². The first-order valence-electron chi connectivity index (χ1n) is 7.44. The highest BCUT2D eigenvalue weighted by Crippen LogP contribution is 2.25. The normalized spacial score (nSPS) is 17.2. The molecule has 120 valence electrons. The highest BCUT2D eigenvalue weighted by Gasteiger charge is 2.28. The zero-order valence-electron chi connectivity index (χ0n) is 12.9. The molecule has 0 spiro atoms. The summed E-state index contributed by atoms with van der Waals surface area (Å²) in [6.07, 6.45) is 0. The van der Waals surface area contributed by atoms with Crippen molar-refractivity contribution in [3.63, 3.8) is 0 Å². The minimum atomic E-state index is -0.828. The van der Waals surface area contributed by atoms with Gasteiger partial charge in [-0.1, -0.05) is 26.0 Å². The van der Waals surface area contributed by atoms with Gasteiger partial charge in [-0.25, -0.2) is 0 Å². The fourth-order valence-electron chi connectivity index (χ4n) is 2.38. The molecule has 1 saturated heterocycles. The van der Waals surface area contributed by atoms with Crippen molar-refractivity contribution in [1.29, 1.82) is 0 Å². The summed E-state index contributed by atoms with van der Waals surface area (Å²) in [5.41, 5.74) is 1.45. The second kappa shape index (κ2) is 7.65. The largest absolute Gasteiger partial charge is 0.480 e. The number of hydrogen-bond acceptors (Lipinski definition) is 4. The van der Waals surface area contributed by atoms with E-state index in [0.29, 0.717) is 5.69 Å². The molecule has 5 nitrogen and oxygen atoms in total. The maximum absolute atomic E-state index is 11.7. The SMILES string of the molecule is CC(C)C(=O)Nc1ccc([C@@H](C(=O)O)N2CCSCC2)cc1. The number of nitrogens with one attached hydrogen (secondary N) is 1. The van der Waals surface area contributed by atoms with Gasteiger partial charge in [-0.15, -0.1) is 0 Å². The first kappa shape index (κ1) is 16.8. The van der Waals surface area contributed by atoms with Crippen LogP contribution in [0.25, 0.3) is 0 Å². The second-order valence-electron chi connectivity index (χ2n) is 5.66. The molecular formula is C16H22N2O3S. The Labute approximate surface area is 135 Å². The van der Waals surface area contributed by atoms with Crippen LogP contribution in [-0.4, -0.2) is 46.5 Å². The number of carboxylic acids is 1. The molecule has 1 atom stereocenters. The van der Waals surface area contributed by atoms with Gasteiger partial charge in [0, 0.05) is 36.2 Å². The van der Waals surface area contributed by atoms with Gasteiger partial charge in [-0.2, -0.15) is 11.8 Å². The van der Waals surface area contributed by atoms with Gasteiger partial charge in [0.15, 0.2) is 0 Å². The monoisotopic (exact) mass is 322 g/mol. The molecule has 1 heterocycles. The number of nitrogens with zero attached hydrogens (tertiary/aromatic N) is 1. The molecule has 1 amide bonds. The summed E-state index contributed by atoms with van der Waals surface area (Å²) < 4.78 is 0. The van der Waals surface area contributed by atoms with E-state index >= 15 is 0 Å². The van der Waals surface area contributed by atoms with Crippen molar-refractivity contribution in [2.75, 3.05) is 29.9 Å². The molecule has 2 rings (SSSR count). The Bertz CT molecular complexity index is 525. The van der Waals surface area contributed by atoms with E-state index < -0.39 is 12.0 Å². The van der Waals surface area contributed by atoms with Gasteiger partial charge < -0.3 is 10.4 Å². The Morgan fingerprint density at radius 1 is 1.18 bits per heavy atom. The molecule has 0 aliphatic carbocycles. The van der Waals surface area contributed by atoms with Gasteiger partial charge >= 0.3 is 5.97 Å². The summed E-state index contributed by atoms with van der Waals surface area (Å²) in [6.45, 7) is 5.23. The number of rotatable bonds is 5. The fraction of sp³-hybridized carbons (Fsp3) is 0.500. The van der Waals surface area contributed by atoms with Crippen LogP contribution < -0.4 is 5.32 Å². The van der Waals surface area contributed by atoms with E-state index in [-0.39, 0.29) is 11.8 Å². The third-order valence-corrected chi connectivity index (χ3v) is 4.61. The van der Waals surface area contributed by atoms with Crippen LogP contribution in [0, 0.1) is 5.92 Å². The summed E-state index contributed by atoms with van der Waals surface area (Å²) >= 11 is 1.85. The summed E-state index contributed by atoms with van der Waals surface area (Å²) in [4.78, 5) is 25.3. The minimum Gasteiger partial charge on any atom is -0.480 e. The molecular weight excluding hydrogens is 300 g/mol. The van der Waals surface area contributed by atoms with Crippen LogP contribution in [0.4, 0.5) is 5.69 Å². The fourth-order valence-corrected chi connectivity index (χ4v) is 3.31. The van der Waals surface area contributed by atoms with Gasteiger partial charge in [0.2, 0.25) is 5.91 Å². The summed E-state index contributed by atoms with van der Waals surface area (Å²) in [6, 6.07) is 6.50. The summed E-state index contributed by atoms with van der Waals surface area (Å²) in [5, 5.41) is 12.4. The van der Waals surface area contributed by atoms with E-state index in [0.717, 1.165) is 30.2 Å². The van der Waals surface area contributed by atoms with Crippen molar-refractivity contribution >= 4 is 29.3 Å². The Morgan fingerprint density at radius 3 is 2.27 bits per heavy atom. The Kier molecular flexibility index (Phi) is 5.85. The number of carboxylic acid groups (broad SMARTS) is 1. The maximum atomic E-state index is 11.7. The summed E-state index contributed by atoms with van der Waals surface area (Å²) in [5.74, 6) is 0.970. The van der Waals surface area contributed by atoms with E-state index in [1.54, 1.807) is 24.3 Å². The molecule has 1 aromatic carbocycles. The number of carbonyl (C=O) groups is 2. The molecule has 0 bridgehead atoms. The molecule has 0 aromatic heterocycles. The summed E-state index contributed by atoms with van der Waals surface area (Å²) in [7, 11) is 0. The third-order valence-electron chi connectivity index (χ3n) is 3.66. The average molecular weight is 322 g/mol. The second-order valence-corrected chi connectivity index (χ2v) is 6.88. The molecule has 1 aromatic rings. The van der Waals surface area contributed by atoms with Crippen LogP contribution in [0.15, 0.2) is 24.3 Å². The van der Waals surface area contributed by atoms with Crippen molar-refractivity contribution < 1.29 is 14.7 Å². The predicted octanol–water partition coefficient (Wildman–Crippen LogP) is 2.46. The zero-order chi connectivity index (χ0) is 16.1. The van der Waals surface area contributed by atoms with Gasteiger partial charge in [-0.3, -0.25) is 14.5 Å². The van der Waals surface area contributed by atoms with Crippen molar-refractivity contribution in [1.82, 2.24) is 4.90 Å². The molecule has 2 N–H and O–H groups in total. The Balaban J connectivity index is 2.12. The number of carbonyl (C=O) groups excluding carboxylic acids is 1. The average Bonchev–Trinajstić information content (AvgIpc) is 2.50. The highest BCUT2D eigenvalue weighted by atomic mass is 32.2. The van der Waals surface area contributed by atoms with E-state index in [1.165, 1.54) is 0 Å². The van der Waals surface area contributed by atoms with Crippen molar-refractivity contribution in [2.24, 2.45) is 5.92 Å². The minimum absolute atomic E-state index is 0.0458. The first-order chi connectivity index (χ1) is 10.5. The number of aliphatic carboxylic acids is 1. The molecule has 6 heteroatoms. The van der Waals surface area contributed by atoms with Gasteiger partial charge in [0.1, 0.15) is 6.04 Å². The molecule has 1 aliphatic rings. The molecule has 22 heavy (non-hydrogen) atoms. The standard InChI is InChI=1S/C16H22N2O3S/c1-11(2)15(19)17-13-5-3-12(4-6-13)14(16(20)21)18-7-9-22-10-8-18/h3-6,11,14H,7-10H2,1-2H3,(H,17,19)(H,20,21)/t14-/m0/s1. The number of anilines is 1. The van der Waals surface area contributed by atoms with Crippen LogP contribution in [0.2, 0.25) is 0 Å². The lowest BCUT2D eigenvalue weighted by Crippen LogP contribution is -2.39. The molecule has 1 fully saturated rings. The number of benzene rings is 1. The lowest BCUT2D eigenvalue weighted by Gasteiger charge is -2.32. The van der Waals surface area contributed by atoms with Gasteiger partial charge in [0.05, 0.1) is 0 Å². The van der Waals surface area contributed by atoms with Crippen molar-refractivity contribution in [3.8, 4) is 0 Å². The molecule has 0 radical (unpaired) electrons.